The summed E-state index contributed by atoms with van der Waals surface area (Å²) >= 11 is 5.89. The lowest BCUT2D eigenvalue weighted by Gasteiger charge is -2.31. The Hall–Kier alpha value is -2.72. The Balaban J connectivity index is 2.24. The molecule has 3 rings (SSSR count). The van der Waals surface area contributed by atoms with E-state index < -0.39 is 27.6 Å². The molecule has 0 radical (unpaired) electrons. The molecule has 1 aromatic rings. The zero-order valence-electron chi connectivity index (χ0n) is 14.6. The topological polar surface area (TPSA) is 148 Å². The number of hydrogen-bond acceptors (Lipinski definition) is 8. The van der Waals surface area contributed by atoms with Crippen LogP contribution in [0.1, 0.15) is 25.3 Å². The fraction of sp³-hybridized carbons (Fsp3) is 0.471. The van der Waals surface area contributed by atoms with Crippen molar-refractivity contribution in [3.05, 3.63) is 38.9 Å². The van der Waals surface area contributed by atoms with E-state index in [0.717, 1.165) is 0 Å². The van der Waals surface area contributed by atoms with E-state index in [1.165, 1.54) is 18.2 Å². The molecule has 0 aromatic heterocycles. The molecule has 1 fully saturated rings. The van der Waals surface area contributed by atoms with E-state index in [9.17, 15) is 20.6 Å². The minimum absolute atomic E-state index is 0.0471. The molecule has 2 aliphatic rings. The molecule has 0 saturated heterocycles. The van der Waals surface area contributed by atoms with Crippen molar-refractivity contribution in [3.63, 3.8) is 0 Å². The molecule has 0 unspecified atom stereocenters. The van der Waals surface area contributed by atoms with E-state index in [2.05, 4.69) is 17.1 Å². The zero-order valence-corrected chi connectivity index (χ0v) is 15.4. The third-order valence-corrected chi connectivity index (χ3v) is 5.43. The van der Waals surface area contributed by atoms with Crippen molar-refractivity contribution in [1.82, 2.24) is 0 Å². The Kier molecular flexibility index (Phi) is 4.35. The van der Waals surface area contributed by atoms with Crippen molar-refractivity contribution in [2.24, 2.45) is 21.6 Å². The molecule has 1 aliphatic heterocycles. The minimum atomic E-state index is -1.76. The molecular formula is C17H16ClN5O4. The fourth-order valence-electron chi connectivity index (χ4n) is 4.10. The number of benzene rings is 1. The van der Waals surface area contributed by atoms with Gasteiger partial charge in [0.1, 0.15) is 16.3 Å². The summed E-state index contributed by atoms with van der Waals surface area (Å²) in [7, 11) is 0. The Labute approximate surface area is 160 Å². The van der Waals surface area contributed by atoms with Gasteiger partial charge in [-0.3, -0.25) is 10.1 Å². The van der Waals surface area contributed by atoms with Crippen molar-refractivity contribution in [3.8, 4) is 12.1 Å². The average molecular weight is 390 g/mol. The monoisotopic (exact) mass is 389 g/mol. The highest BCUT2D eigenvalue weighted by Crippen LogP contribution is 2.82. The minimum Gasteiger partial charge on any atom is -0.386 e. The Morgan fingerprint density at radius 1 is 1.33 bits per heavy atom. The lowest BCUT2D eigenvalue weighted by molar-refractivity contribution is -0.384. The molecule has 0 bridgehead atoms. The largest absolute Gasteiger partial charge is 0.386 e. The molecule has 9 nitrogen and oxygen atoms in total. The molecule has 140 valence electrons. The van der Waals surface area contributed by atoms with Crippen LogP contribution in [0.5, 0.6) is 0 Å². The number of amidine groups is 1. The molecule has 27 heavy (non-hydrogen) atoms. The van der Waals surface area contributed by atoms with Gasteiger partial charge in [0.15, 0.2) is 5.41 Å². The Morgan fingerprint density at radius 2 is 1.96 bits per heavy atom. The first kappa shape index (κ1) is 19.1. The van der Waals surface area contributed by atoms with Gasteiger partial charge in [-0.15, -0.1) is 0 Å². The first-order valence-corrected chi connectivity index (χ1v) is 8.59. The van der Waals surface area contributed by atoms with Crippen LogP contribution in [0.15, 0.2) is 23.2 Å². The molecular weight excluding hydrogens is 374 g/mol. The van der Waals surface area contributed by atoms with E-state index in [4.69, 9.17) is 26.8 Å². The van der Waals surface area contributed by atoms with Gasteiger partial charge < -0.3 is 15.2 Å². The number of nitro benzene ring substituents is 1. The van der Waals surface area contributed by atoms with Crippen LogP contribution in [0, 0.1) is 43.6 Å². The van der Waals surface area contributed by atoms with Gasteiger partial charge >= 0.3 is 0 Å². The summed E-state index contributed by atoms with van der Waals surface area (Å²) in [5.74, 6) is -2.66. The van der Waals surface area contributed by atoms with Crippen LogP contribution in [-0.4, -0.2) is 29.9 Å². The smallest absolute Gasteiger partial charge is 0.293 e. The number of aliphatic imine (C=N–C) groups is 1. The standard InChI is InChI=1S/C17H16ClN5O4/c1-3-26-17(27-4-2)16(9-20)13(15(16,8-19)14(21)22-17)10-5-6-11(18)12(7-10)23(24)25/h5-7,13H,3-4H2,1-2H3,(H2,21,22)/t13-,15+,16+/m0/s1. The van der Waals surface area contributed by atoms with E-state index >= 15 is 0 Å². The lowest BCUT2D eigenvalue weighted by Crippen LogP contribution is -2.43. The number of ether oxygens (including phenoxy) is 2. The second-order valence-corrected chi connectivity index (χ2v) is 6.59. The van der Waals surface area contributed by atoms with Gasteiger partial charge in [0, 0.05) is 25.2 Å². The number of fused-ring (bicyclic) bond motifs is 1. The molecule has 0 amide bonds. The summed E-state index contributed by atoms with van der Waals surface area (Å²) in [6.07, 6.45) is 0. The maximum atomic E-state index is 11.3. The van der Waals surface area contributed by atoms with Crippen LogP contribution < -0.4 is 5.73 Å². The SMILES string of the molecule is CCOC1(OCC)N=C(N)[C@@]2(C#N)[C@H](c3ccc(Cl)c([N+](=O)[O-])c3)[C@@]12C#N. The number of nitrogens with two attached hydrogens (primary N) is 1. The molecule has 1 aromatic carbocycles. The predicted molar refractivity (Wildman–Crippen MR) is 94.5 cm³/mol. The first-order chi connectivity index (χ1) is 12.8. The molecule has 3 atom stereocenters. The van der Waals surface area contributed by atoms with Crippen molar-refractivity contribution >= 4 is 23.1 Å². The summed E-state index contributed by atoms with van der Waals surface area (Å²) in [5.41, 5.74) is 3.05. The van der Waals surface area contributed by atoms with Crippen LogP contribution in [-0.2, 0) is 9.47 Å². The molecule has 1 saturated carbocycles. The van der Waals surface area contributed by atoms with Crippen molar-refractivity contribution < 1.29 is 14.4 Å². The van der Waals surface area contributed by atoms with Gasteiger partial charge in [0.05, 0.1) is 17.1 Å². The second kappa shape index (κ2) is 6.17. The summed E-state index contributed by atoms with van der Waals surface area (Å²) in [4.78, 5) is 14.8. The van der Waals surface area contributed by atoms with Gasteiger partial charge in [-0.2, -0.15) is 10.5 Å². The van der Waals surface area contributed by atoms with E-state index in [1.807, 2.05) is 0 Å². The summed E-state index contributed by atoms with van der Waals surface area (Å²) in [6, 6.07) is 8.38. The van der Waals surface area contributed by atoms with E-state index in [-0.39, 0.29) is 29.8 Å². The Bertz CT molecular complexity index is 930. The van der Waals surface area contributed by atoms with Gasteiger partial charge in [-0.05, 0) is 25.5 Å². The number of nitrogens with zero attached hydrogens (tertiary/aromatic N) is 4. The normalized spacial score (nSPS) is 30.0. The highest BCUT2D eigenvalue weighted by atomic mass is 35.5. The molecule has 1 aliphatic carbocycles. The maximum Gasteiger partial charge on any atom is 0.293 e. The first-order valence-electron chi connectivity index (χ1n) is 8.21. The van der Waals surface area contributed by atoms with Crippen molar-refractivity contribution in [1.29, 1.82) is 10.5 Å². The number of hydrogen-bond donors (Lipinski definition) is 1. The number of nitro groups is 1. The molecule has 2 N–H and O–H groups in total. The van der Waals surface area contributed by atoms with Gasteiger partial charge in [-0.25, -0.2) is 4.99 Å². The van der Waals surface area contributed by atoms with Crippen molar-refractivity contribution in [2.45, 2.75) is 25.7 Å². The molecule has 1 heterocycles. The molecule has 0 spiro atoms. The number of halogens is 1. The highest BCUT2D eigenvalue weighted by Gasteiger charge is 2.93. The second-order valence-electron chi connectivity index (χ2n) is 6.19. The fourth-order valence-corrected chi connectivity index (χ4v) is 4.29. The Morgan fingerprint density at radius 3 is 2.44 bits per heavy atom. The average Bonchev–Trinajstić information content (AvgIpc) is 3.21. The molecule has 10 heteroatoms. The number of rotatable bonds is 6. The summed E-state index contributed by atoms with van der Waals surface area (Å²) in [5, 5.41) is 31.2. The third kappa shape index (κ3) is 2.07. The summed E-state index contributed by atoms with van der Waals surface area (Å²) in [6.45, 7) is 3.73. The quantitative estimate of drug-likeness (QED) is 0.446. The lowest BCUT2D eigenvalue weighted by atomic mass is 9.93. The van der Waals surface area contributed by atoms with Crippen LogP contribution in [0.4, 0.5) is 5.69 Å². The van der Waals surface area contributed by atoms with Crippen molar-refractivity contribution in [2.75, 3.05) is 13.2 Å². The van der Waals surface area contributed by atoms with Gasteiger partial charge in [-0.1, -0.05) is 17.7 Å². The van der Waals surface area contributed by atoms with Crippen LogP contribution >= 0.6 is 11.6 Å². The van der Waals surface area contributed by atoms with Crippen LogP contribution in [0.25, 0.3) is 0 Å². The van der Waals surface area contributed by atoms with Crippen LogP contribution in [0.3, 0.4) is 0 Å². The maximum absolute atomic E-state index is 11.3. The third-order valence-electron chi connectivity index (χ3n) is 5.11. The highest BCUT2D eigenvalue weighted by molar-refractivity contribution is 6.32. The van der Waals surface area contributed by atoms with Gasteiger partial charge in [0.2, 0.25) is 0 Å². The zero-order chi connectivity index (χ0) is 20.0. The van der Waals surface area contributed by atoms with E-state index in [1.54, 1.807) is 13.8 Å². The number of nitriles is 2. The van der Waals surface area contributed by atoms with Gasteiger partial charge in [0.25, 0.3) is 11.6 Å². The predicted octanol–water partition coefficient (Wildman–Crippen LogP) is 2.46. The van der Waals surface area contributed by atoms with Crippen LogP contribution in [0.2, 0.25) is 5.02 Å². The van der Waals surface area contributed by atoms with E-state index in [0.29, 0.717) is 5.56 Å². The summed E-state index contributed by atoms with van der Waals surface area (Å²) < 4.78 is 11.4.